The second-order valence-electron chi connectivity index (χ2n) is 13.9. The second-order valence-corrected chi connectivity index (χ2v) is 14.8. The van der Waals surface area contributed by atoms with Crippen molar-refractivity contribution in [1.82, 2.24) is 20.5 Å². The number of carboxylic acids is 1. The summed E-state index contributed by atoms with van der Waals surface area (Å²) in [6, 6.07) is 5.88. The van der Waals surface area contributed by atoms with Crippen molar-refractivity contribution in [2.45, 2.75) is 120 Å². The molecule has 5 atom stereocenters. The van der Waals surface area contributed by atoms with E-state index >= 15 is 0 Å². The number of hydrogen-bond acceptors (Lipinski definition) is 8. The minimum atomic E-state index is -1.41. The number of halogens is 1. The lowest BCUT2D eigenvalue weighted by Gasteiger charge is -2.27. The first-order valence-electron chi connectivity index (χ1n) is 17.4. The molecular weight excluding hydrogens is 696 g/mol. The molecule has 0 unspecified atom stereocenters. The number of amides is 3. The summed E-state index contributed by atoms with van der Waals surface area (Å²) in [5.74, 6) is -1.43. The Kier molecular flexibility index (Phi) is 10.7. The average Bonchev–Trinajstić information content (AvgIpc) is 3.33. The number of aromatic nitrogens is 1. The number of rotatable bonds is 7. The molecule has 1 aromatic heterocycles. The van der Waals surface area contributed by atoms with Crippen molar-refractivity contribution in [3.63, 3.8) is 0 Å². The summed E-state index contributed by atoms with van der Waals surface area (Å²) in [5.41, 5.74) is -0.765. The van der Waals surface area contributed by atoms with E-state index in [2.05, 4.69) is 31.5 Å². The number of carboxylic acid groups (broad SMARTS) is 1. The molecule has 3 heterocycles. The topological polar surface area (TPSA) is 156 Å². The van der Waals surface area contributed by atoms with Crippen LogP contribution in [-0.4, -0.2) is 81.3 Å². The summed E-state index contributed by atoms with van der Waals surface area (Å²) < 4.78 is 18.9. The van der Waals surface area contributed by atoms with Crippen LogP contribution in [0.5, 0.6) is 11.6 Å². The van der Waals surface area contributed by atoms with E-state index in [0.29, 0.717) is 23.6 Å². The Morgan fingerprint density at radius 3 is 2.65 bits per heavy atom. The molecule has 3 amide bonds. The van der Waals surface area contributed by atoms with Gasteiger partial charge in [-0.25, -0.2) is 14.6 Å². The first kappa shape index (κ1) is 35.0. The average molecular weight is 742 g/mol. The highest BCUT2D eigenvalue weighted by Gasteiger charge is 2.61. The van der Waals surface area contributed by atoms with Gasteiger partial charge in [-0.2, -0.15) is 0 Å². The number of nitrogens with zero attached hydrogens (tertiary/aromatic N) is 2. The number of fused-ring (bicyclic) bond motifs is 3. The van der Waals surface area contributed by atoms with Gasteiger partial charge < -0.3 is 34.9 Å². The predicted molar refractivity (Wildman–Crippen MR) is 184 cm³/mol. The van der Waals surface area contributed by atoms with Gasteiger partial charge in [0.15, 0.2) is 0 Å². The van der Waals surface area contributed by atoms with Crippen LogP contribution < -0.4 is 20.1 Å². The zero-order valence-electron chi connectivity index (χ0n) is 28.0. The van der Waals surface area contributed by atoms with Crippen molar-refractivity contribution in [2.24, 2.45) is 5.92 Å². The minimum Gasteiger partial charge on any atom is -0.488 e. The number of carbonyl (C=O) groups excluding carboxylic acids is 3. The van der Waals surface area contributed by atoms with Gasteiger partial charge in [0.2, 0.25) is 17.7 Å². The summed E-state index contributed by atoms with van der Waals surface area (Å²) in [6.45, 7) is 3.90. The SMILES string of the molecule is CC(C)Oc1cc(O[C@@H]2C[C@H]3C(=O)N[C@]4(C(=O)O)C[C@@H]4/C=C\CCCC[C@H](NC(=O)OC4CCCC4)CC(=O)N3C2)c2cccc(Br)c2n1. The van der Waals surface area contributed by atoms with E-state index in [0.717, 1.165) is 54.8 Å². The Balaban J connectivity index is 1.27. The molecule has 2 aliphatic heterocycles. The van der Waals surface area contributed by atoms with Crippen molar-refractivity contribution in [1.29, 1.82) is 0 Å². The number of para-hydroxylation sites is 1. The maximum absolute atomic E-state index is 14.1. The molecule has 2 aromatic rings. The molecule has 2 saturated carbocycles. The smallest absolute Gasteiger partial charge is 0.407 e. The number of benzene rings is 1. The Morgan fingerprint density at radius 1 is 1.12 bits per heavy atom. The van der Waals surface area contributed by atoms with E-state index in [-0.39, 0.29) is 49.8 Å². The fourth-order valence-electron chi connectivity index (χ4n) is 7.24. The van der Waals surface area contributed by atoms with E-state index in [1.807, 2.05) is 44.2 Å². The molecule has 1 aromatic carbocycles. The third-order valence-electron chi connectivity index (χ3n) is 9.87. The van der Waals surface area contributed by atoms with Crippen LogP contribution in [0.25, 0.3) is 10.9 Å². The van der Waals surface area contributed by atoms with Crippen LogP contribution in [0.15, 0.2) is 40.9 Å². The van der Waals surface area contributed by atoms with E-state index in [1.165, 1.54) is 4.90 Å². The van der Waals surface area contributed by atoms with Crippen LogP contribution in [0, 0.1) is 5.92 Å². The number of allylic oxidation sites excluding steroid dienone is 1. The molecule has 0 spiro atoms. The highest BCUT2D eigenvalue weighted by atomic mass is 79.9. The summed E-state index contributed by atoms with van der Waals surface area (Å²) in [6.07, 6.45) is 9.43. The van der Waals surface area contributed by atoms with Gasteiger partial charge in [0.25, 0.3) is 0 Å². The summed E-state index contributed by atoms with van der Waals surface area (Å²) in [5, 5.41) is 16.6. The van der Waals surface area contributed by atoms with Gasteiger partial charge >= 0.3 is 12.1 Å². The molecule has 13 heteroatoms. The zero-order valence-corrected chi connectivity index (χ0v) is 29.6. The number of carbonyl (C=O) groups is 4. The number of aliphatic carboxylic acids is 1. The van der Waals surface area contributed by atoms with Crippen molar-refractivity contribution in [3.8, 4) is 11.6 Å². The van der Waals surface area contributed by atoms with Gasteiger partial charge in [-0.3, -0.25) is 9.59 Å². The molecular formula is C36H45BrN4O8. The molecule has 3 N–H and O–H groups in total. The quantitative estimate of drug-likeness (QED) is 0.305. The minimum absolute atomic E-state index is 0.0314. The third-order valence-corrected chi connectivity index (χ3v) is 10.5. The number of alkyl carbamates (subject to hydrolysis) is 1. The lowest BCUT2D eigenvalue weighted by Crippen LogP contribution is -2.53. The number of nitrogens with one attached hydrogen (secondary N) is 2. The van der Waals surface area contributed by atoms with Gasteiger partial charge in [-0.05, 0) is 93.3 Å². The normalized spacial score (nSPS) is 28.5. The molecule has 0 radical (unpaired) electrons. The summed E-state index contributed by atoms with van der Waals surface area (Å²) in [4.78, 5) is 59.4. The molecule has 3 fully saturated rings. The molecule has 2 aliphatic carbocycles. The first-order chi connectivity index (χ1) is 23.5. The molecule has 6 rings (SSSR count). The third kappa shape index (κ3) is 8.13. The highest BCUT2D eigenvalue weighted by Crippen LogP contribution is 2.45. The van der Waals surface area contributed by atoms with Gasteiger partial charge in [0.1, 0.15) is 29.5 Å². The molecule has 12 nitrogen and oxygen atoms in total. The monoisotopic (exact) mass is 740 g/mol. The second kappa shape index (κ2) is 14.9. The molecule has 0 bridgehead atoms. The van der Waals surface area contributed by atoms with Crippen molar-refractivity contribution in [3.05, 3.63) is 40.9 Å². The predicted octanol–water partition coefficient (Wildman–Crippen LogP) is 5.65. The zero-order chi connectivity index (χ0) is 34.7. The standard InChI is InChI=1S/C36H45BrN4O8/c1-21(2)47-30-18-29(26-14-9-15-27(37)32(26)39-30)48-25-17-28-33(43)40-36(34(44)45)19-22(36)10-5-3-4-6-11-23(16-31(42)41(28)20-25)38-35(46)49-24-12-7-8-13-24/h5,9-10,14-15,18,21-25,28H,3-4,6-8,11-13,16-17,19-20H2,1-2H3,(H,38,46)(H,40,43)(H,44,45)/b10-5-/t22-,23-,25+,28-,36+/m0/s1. The Morgan fingerprint density at radius 2 is 1.90 bits per heavy atom. The maximum Gasteiger partial charge on any atom is 0.407 e. The van der Waals surface area contributed by atoms with Crippen LogP contribution in [0.3, 0.4) is 0 Å². The van der Waals surface area contributed by atoms with Gasteiger partial charge in [-0.1, -0.05) is 24.6 Å². The largest absolute Gasteiger partial charge is 0.488 e. The number of hydrogen-bond donors (Lipinski definition) is 3. The molecule has 4 aliphatic rings. The van der Waals surface area contributed by atoms with Crippen molar-refractivity contribution >= 4 is 50.7 Å². The highest BCUT2D eigenvalue weighted by molar-refractivity contribution is 9.10. The van der Waals surface area contributed by atoms with Crippen LogP contribution in [-0.2, 0) is 19.1 Å². The molecule has 264 valence electrons. The Hall–Kier alpha value is -3.87. The van der Waals surface area contributed by atoms with Crippen LogP contribution >= 0.6 is 15.9 Å². The lowest BCUT2D eigenvalue weighted by molar-refractivity contribution is -0.145. The van der Waals surface area contributed by atoms with Crippen molar-refractivity contribution in [2.75, 3.05) is 6.54 Å². The van der Waals surface area contributed by atoms with Gasteiger partial charge in [-0.15, -0.1) is 0 Å². The molecule has 1 saturated heterocycles. The van der Waals surface area contributed by atoms with Crippen LogP contribution in [0.4, 0.5) is 4.79 Å². The van der Waals surface area contributed by atoms with Crippen molar-refractivity contribution < 1.29 is 38.5 Å². The van der Waals surface area contributed by atoms with Crippen LogP contribution in [0.1, 0.15) is 84.5 Å². The number of pyridine rings is 1. The Bertz CT molecular complexity index is 1610. The van der Waals surface area contributed by atoms with E-state index in [9.17, 15) is 24.3 Å². The summed E-state index contributed by atoms with van der Waals surface area (Å²) >= 11 is 3.57. The van der Waals surface area contributed by atoms with E-state index in [1.54, 1.807) is 6.07 Å². The van der Waals surface area contributed by atoms with Crippen LogP contribution in [0.2, 0.25) is 0 Å². The fraction of sp³-hybridized carbons (Fsp3) is 0.583. The lowest BCUT2D eigenvalue weighted by atomic mass is 10.0. The number of ether oxygens (including phenoxy) is 3. The maximum atomic E-state index is 14.1. The van der Waals surface area contributed by atoms with Gasteiger partial charge in [0.05, 0.1) is 18.2 Å². The fourth-order valence-corrected chi connectivity index (χ4v) is 7.69. The van der Waals surface area contributed by atoms with Gasteiger partial charge in [0, 0.05) is 40.7 Å². The summed E-state index contributed by atoms with van der Waals surface area (Å²) in [7, 11) is 0. The Labute approximate surface area is 294 Å². The van der Waals surface area contributed by atoms with E-state index in [4.69, 9.17) is 14.2 Å². The molecule has 49 heavy (non-hydrogen) atoms. The van der Waals surface area contributed by atoms with E-state index < -0.39 is 41.7 Å². The first-order valence-corrected chi connectivity index (χ1v) is 18.2.